The van der Waals surface area contributed by atoms with Crippen LogP contribution in [0.2, 0.25) is 0 Å². The second-order valence-corrected chi connectivity index (χ2v) is 5.63. The van der Waals surface area contributed by atoms with Crippen molar-refractivity contribution in [2.24, 2.45) is 0 Å². The van der Waals surface area contributed by atoms with E-state index in [-0.39, 0.29) is 11.8 Å². The minimum atomic E-state index is -0.332. The average molecular weight is 348 g/mol. The number of aromatic nitrogens is 3. The van der Waals surface area contributed by atoms with Gasteiger partial charge < -0.3 is 13.7 Å². The number of hydrogen-bond donors (Lipinski definition) is 0. The van der Waals surface area contributed by atoms with Crippen molar-refractivity contribution < 1.29 is 13.9 Å². The van der Waals surface area contributed by atoms with E-state index in [4.69, 9.17) is 20.8 Å². The molecule has 0 amide bonds. The van der Waals surface area contributed by atoms with E-state index in [0.29, 0.717) is 30.4 Å². The Labute approximate surface area is 144 Å². The highest BCUT2D eigenvalue weighted by atomic mass is 35.5. The zero-order chi connectivity index (χ0) is 16.9. The molecule has 0 aliphatic rings. The van der Waals surface area contributed by atoms with Gasteiger partial charge in [-0.25, -0.2) is 14.8 Å². The lowest BCUT2D eigenvalue weighted by Gasteiger charge is -2.07. The van der Waals surface area contributed by atoms with E-state index in [9.17, 15) is 4.79 Å². The van der Waals surface area contributed by atoms with Gasteiger partial charge in [0.05, 0.1) is 35.3 Å². The Balaban J connectivity index is 1.93. The molecule has 0 spiro atoms. The maximum absolute atomic E-state index is 12.2. The van der Waals surface area contributed by atoms with Crippen molar-refractivity contribution in [1.82, 2.24) is 14.5 Å². The number of fused-ring (bicyclic) bond motifs is 1. The summed E-state index contributed by atoms with van der Waals surface area (Å²) in [5, 5.41) is 0. The lowest BCUT2D eigenvalue weighted by atomic mass is 10.2. The Hall–Kier alpha value is -2.34. The smallest absolute Gasteiger partial charge is 0.338 e. The fourth-order valence-corrected chi connectivity index (χ4v) is 2.64. The molecule has 0 aliphatic heterocycles. The third kappa shape index (κ3) is 3.43. The lowest BCUT2D eigenvalue weighted by Crippen LogP contribution is -2.07. The van der Waals surface area contributed by atoms with Gasteiger partial charge in [-0.1, -0.05) is 13.3 Å². The molecule has 24 heavy (non-hydrogen) atoms. The average Bonchev–Trinajstić information content (AvgIpc) is 3.23. The Morgan fingerprint density at radius 2 is 2.29 bits per heavy atom. The number of alkyl halides is 1. The van der Waals surface area contributed by atoms with Crippen LogP contribution in [0.3, 0.4) is 0 Å². The summed E-state index contributed by atoms with van der Waals surface area (Å²) in [6, 6.07) is 5.29. The van der Waals surface area contributed by atoms with Crippen LogP contribution in [-0.4, -0.2) is 27.1 Å². The topological polar surface area (TPSA) is 70.2 Å². The molecule has 0 saturated carbocycles. The van der Waals surface area contributed by atoms with E-state index in [1.807, 2.05) is 4.57 Å². The van der Waals surface area contributed by atoms with E-state index in [2.05, 4.69) is 16.9 Å². The fourth-order valence-electron chi connectivity index (χ4n) is 2.44. The van der Waals surface area contributed by atoms with Crippen LogP contribution < -0.4 is 0 Å². The number of halogens is 1. The fraction of sp³-hybridized carbons (Fsp3) is 0.353. The molecule has 0 atom stereocenters. The van der Waals surface area contributed by atoms with Crippen LogP contribution in [0.25, 0.3) is 11.0 Å². The first-order valence-corrected chi connectivity index (χ1v) is 8.37. The van der Waals surface area contributed by atoms with E-state index in [1.54, 1.807) is 24.4 Å². The predicted molar refractivity (Wildman–Crippen MR) is 90.1 cm³/mol. The Bertz CT molecular complexity index is 827. The van der Waals surface area contributed by atoms with E-state index in [1.165, 1.54) is 6.26 Å². The van der Waals surface area contributed by atoms with Gasteiger partial charge >= 0.3 is 5.97 Å². The second-order valence-electron chi connectivity index (χ2n) is 5.37. The van der Waals surface area contributed by atoms with Gasteiger partial charge in [0, 0.05) is 0 Å². The Morgan fingerprint density at radius 1 is 1.42 bits per heavy atom. The van der Waals surface area contributed by atoms with Crippen LogP contribution in [0.1, 0.15) is 41.8 Å². The lowest BCUT2D eigenvalue weighted by molar-refractivity contribution is 0.0500. The summed E-state index contributed by atoms with van der Waals surface area (Å²) in [6.45, 7) is 2.88. The summed E-state index contributed by atoms with van der Waals surface area (Å²) in [4.78, 5) is 20.8. The molecule has 1 aromatic carbocycles. The van der Waals surface area contributed by atoms with Crippen molar-refractivity contribution >= 4 is 28.6 Å². The number of oxazole rings is 1. The molecule has 2 heterocycles. The third-order valence-corrected chi connectivity index (χ3v) is 3.93. The maximum atomic E-state index is 12.2. The van der Waals surface area contributed by atoms with Crippen LogP contribution in [0.4, 0.5) is 0 Å². The minimum absolute atomic E-state index is 0.256. The maximum Gasteiger partial charge on any atom is 0.338 e. The van der Waals surface area contributed by atoms with E-state index < -0.39 is 0 Å². The molecular weight excluding hydrogens is 330 g/mol. The summed E-state index contributed by atoms with van der Waals surface area (Å²) in [5.41, 5.74) is 2.06. The van der Waals surface area contributed by atoms with E-state index >= 15 is 0 Å². The standard InChI is InChI=1S/C17H18ClN3O3/c1-2-3-7-24-17(22)12-4-5-13-14(9-12)21(15(10-18)20-13)11-16-19-6-8-23-16/h4-6,8-9H,2-3,7,10-11H2,1H3. The first kappa shape index (κ1) is 16.5. The van der Waals surface area contributed by atoms with Crippen molar-refractivity contribution in [2.75, 3.05) is 6.61 Å². The Morgan fingerprint density at radius 3 is 3.00 bits per heavy atom. The number of imidazole rings is 1. The largest absolute Gasteiger partial charge is 0.462 e. The molecule has 0 unspecified atom stereocenters. The molecule has 2 aromatic heterocycles. The third-order valence-electron chi connectivity index (χ3n) is 3.69. The number of ether oxygens (including phenoxy) is 1. The predicted octanol–water partition coefficient (Wildman–Crippen LogP) is 3.77. The van der Waals surface area contributed by atoms with Crippen LogP contribution in [0.5, 0.6) is 0 Å². The van der Waals surface area contributed by atoms with Crippen molar-refractivity contribution in [1.29, 1.82) is 0 Å². The van der Waals surface area contributed by atoms with Crippen LogP contribution in [0, 0.1) is 0 Å². The monoisotopic (exact) mass is 347 g/mol. The van der Waals surface area contributed by atoms with Crippen molar-refractivity contribution in [3.05, 3.63) is 47.9 Å². The molecule has 0 aliphatic carbocycles. The summed E-state index contributed by atoms with van der Waals surface area (Å²) in [5.74, 6) is 1.17. The number of esters is 1. The Kier molecular flexibility index (Phi) is 5.15. The number of benzene rings is 1. The van der Waals surface area contributed by atoms with Gasteiger partial charge in [-0.3, -0.25) is 0 Å². The van der Waals surface area contributed by atoms with Gasteiger partial charge in [0.2, 0.25) is 5.89 Å². The molecule has 0 N–H and O–H groups in total. The molecule has 0 fully saturated rings. The minimum Gasteiger partial charge on any atom is -0.462 e. The first-order chi connectivity index (χ1) is 11.7. The molecule has 0 saturated heterocycles. The highest BCUT2D eigenvalue weighted by molar-refractivity contribution is 6.16. The number of carbonyl (C=O) groups is 1. The molecule has 6 nitrogen and oxygen atoms in total. The van der Waals surface area contributed by atoms with Crippen molar-refractivity contribution in [3.8, 4) is 0 Å². The van der Waals surface area contributed by atoms with Gasteiger partial charge in [-0.05, 0) is 24.6 Å². The number of carbonyl (C=O) groups excluding carboxylic acids is 1. The van der Waals surface area contributed by atoms with Gasteiger partial charge in [-0.2, -0.15) is 0 Å². The first-order valence-electron chi connectivity index (χ1n) is 7.83. The second kappa shape index (κ2) is 7.49. The molecular formula is C17H18ClN3O3. The van der Waals surface area contributed by atoms with Crippen LogP contribution in [-0.2, 0) is 17.2 Å². The number of nitrogens with zero attached hydrogens (tertiary/aromatic N) is 3. The van der Waals surface area contributed by atoms with Crippen molar-refractivity contribution in [3.63, 3.8) is 0 Å². The van der Waals surface area contributed by atoms with Gasteiger partial charge in [-0.15, -0.1) is 11.6 Å². The summed E-state index contributed by atoms with van der Waals surface area (Å²) >= 11 is 6.00. The number of unbranched alkanes of at least 4 members (excludes halogenated alkanes) is 1. The molecule has 0 radical (unpaired) electrons. The van der Waals surface area contributed by atoms with Gasteiger partial charge in [0.25, 0.3) is 0 Å². The van der Waals surface area contributed by atoms with Crippen LogP contribution in [0.15, 0.2) is 35.1 Å². The molecule has 3 aromatic rings. The van der Waals surface area contributed by atoms with Crippen LogP contribution >= 0.6 is 11.6 Å². The molecule has 7 heteroatoms. The van der Waals surface area contributed by atoms with Gasteiger partial charge in [0.1, 0.15) is 18.6 Å². The van der Waals surface area contributed by atoms with E-state index in [0.717, 1.165) is 23.9 Å². The highest BCUT2D eigenvalue weighted by Gasteiger charge is 2.15. The number of rotatable bonds is 7. The highest BCUT2D eigenvalue weighted by Crippen LogP contribution is 2.21. The SMILES string of the molecule is CCCCOC(=O)c1ccc2nc(CCl)n(Cc3ncco3)c2c1. The van der Waals surface area contributed by atoms with Gasteiger partial charge in [0.15, 0.2) is 0 Å². The quantitative estimate of drug-likeness (QED) is 0.369. The number of hydrogen-bond acceptors (Lipinski definition) is 5. The zero-order valence-electron chi connectivity index (χ0n) is 13.4. The zero-order valence-corrected chi connectivity index (χ0v) is 14.1. The normalized spacial score (nSPS) is 11.1. The molecule has 3 rings (SSSR count). The van der Waals surface area contributed by atoms with Crippen molar-refractivity contribution in [2.45, 2.75) is 32.2 Å². The summed E-state index contributed by atoms with van der Waals surface area (Å²) in [6.07, 6.45) is 4.94. The molecule has 0 bridgehead atoms. The molecule has 126 valence electrons. The summed E-state index contributed by atoms with van der Waals surface area (Å²) < 4.78 is 12.5. The summed E-state index contributed by atoms with van der Waals surface area (Å²) in [7, 11) is 0.